The van der Waals surface area contributed by atoms with Crippen molar-refractivity contribution in [2.75, 3.05) is 0 Å². The fraction of sp³-hybridized carbons (Fsp3) is 0.417. The van der Waals surface area contributed by atoms with Crippen LogP contribution < -0.4 is 4.72 Å². The Balaban J connectivity index is 2.82. The van der Waals surface area contributed by atoms with Crippen molar-refractivity contribution in [3.63, 3.8) is 0 Å². The first-order chi connectivity index (χ1) is 8.35. The number of hydrogen-bond donors (Lipinski definition) is 2. The topological polar surface area (TPSA) is 83.5 Å². The molecule has 0 bridgehead atoms. The van der Waals surface area contributed by atoms with Crippen molar-refractivity contribution in [1.82, 2.24) is 4.72 Å². The van der Waals surface area contributed by atoms with Crippen LogP contribution in [0, 0.1) is 0 Å². The molecule has 1 atom stereocenters. The van der Waals surface area contributed by atoms with Gasteiger partial charge < -0.3 is 5.11 Å². The maximum atomic E-state index is 11.9. The van der Waals surface area contributed by atoms with E-state index in [0.29, 0.717) is 0 Å². The Bertz CT molecular complexity index is 507. The largest absolute Gasteiger partial charge is 0.481 e. The first-order valence-electron chi connectivity index (χ1n) is 5.68. The average molecular weight is 271 g/mol. The summed E-state index contributed by atoms with van der Waals surface area (Å²) in [6.45, 7) is 3.50. The van der Waals surface area contributed by atoms with Crippen LogP contribution in [0.4, 0.5) is 0 Å². The molecular formula is C12H17NO4S. The first-order valence-corrected chi connectivity index (χ1v) is 7.16. The maximum Gasteiger partial charge on any atom is 0.304 e. The predicted octanol–water partition coefficient (Wildman–Crippen LogP) is 1.39. The third-order valence-electron chi connectivity index (χ3n) is 2.48. The number of sulfonamides is 1. The maximum absolute atomic E-state index is 11.9. The SMILES string of the molecule is CCc1ccc(S(=O)(=O)N[C@H](C)CC(=O)O)cc1. The molecule has 2 N–H and O–H groups in total. The number of aryl methyl sites for hydroxylation is 1. The van der Waals surface area contributed by atoms with E-state index in [2.05, 4.69) is 4.72 Å². The minimum absolute atomic E-state index is 0.150. The number of nitrogens with one attached hydrogen (secondary N) is 1. The summed E-state index contributed by atoms with van der Waals surface area (Å²) in [5, 5.41) is 8.58. The molecule has 0 amide bonds. The Morgan fingerprint density at radius 2 is 1.89 bits per heavy atom. The molecule has 0 aromatic heterocycles. The van der Waals surface area contributed by atoms with Gasteiger partial charge in [-0.15, -0.1) is 0 Å². The Morgan fingerprint density at radius 3 is 2.33 bits per heavy atom. The number of hydrogen-bond acceptors (Lipinski definition) is 3. The highest BCUT2D eigenvalue weighted by molar-refractivity contribution is 7.89. The Kier molecular flexibility index (Phi) is 4.86. The molecule has 0 radical (unpaired) electrons. The van der Waals surface area contributed by atoms with Crippen LogP contribution in [0.15, 0.2) is 29.2 Å². The fourth-order valence-corrected chi connectivity index (χ4v) is 2.78. The lowest BCUT2D eigenvalue weighted by Crippen LogP contribution is -2.34. The average Bonchev–Trinajstić information content (AvgIpc) is 2.27. The molecule has 0 aliphatic heterocycles. The van der Waals surface area contributed by atoms with E-state index in [4.69, 9.17) is 5.11 Å². The van der Waals surface area contributed by atoms with Gasteiger partial charge in [-0.2, -0.15) is 0 Å². The molecule has 0 fully saturated rings. The van der Waals surface area contributed by atoms with Crippen molar-refractivity contribution in [1.29, 1.82) is 0 Å². The van der Waals surface area contributed by atoms with Gasteiger partial charge in [-0.1, -0.05) is 19.1 Å². The van der Waals surface area contributed by atoms with E-state index in [1.807, 2.05) is 6.92 Å². The molecule has 18 heavy (non-hydrogen) atoms. The molecule has 1 aromatic carbocycles. The highest BCUT2D eigenvalue weighted by Crippen LogP contribution is 2.12. The minimum Gasteiger partial charge on any atom is -0.481 e. The van der Waals surface area contributed by atoms with E-state index in [9.17, 15) is 13.2 Å². The zero-order valence-corrected chi connectivity index (χ0v) is 11.2. The van der Waals surface area contributed by atoms with Gasteiger partial charge in [0, 0.05) is 6.04 Å². The minimum atomic E-state index is -3.64. The molecule has 1 aromatic rings. The van der Waals surface area contributed by atoms with Crippen molar-refractivity contribution in [3.05, 3.63) is 29.8 Å². The lowest BCUT2D eigenvalue weighted by atomic mass is 10.2. The zero-order valence-electron chi connectivity index (χ0n) is 10.4. The summed E-state index contributed by atoms with van der Waals surface area (Å²) >= 11 is 0. The first kappa shape index (κ1) is 14.7. The van der Waals surface area contributed by atoms with Crippen LogP contribution in [-0.2, 0) is 21.2 Å². The van der Waals surface area contributed by atoms with Gasteiger partial charge in [0.15, 0.2) is 0 Å². The van der Waals surface area contributed by atoms with Crippen LogP contribution >= 0.6 is 0 Å². The number of carbonyl (C=O) groups is 1. The zero-order chi connectivity index (χ0) is 13.8. The number of carboxylic acids is 1. The van der Waals surface area contributed by atoms with Crippen LogP contribution in [0.3, 0.4) is 0 Å². The Hall–Kier alpha value is -1.40. The van der Waals surface area contributed by atoms with Gasteiger partial charge in [0.25, 0.3) is 0 Å². The van der Waals surface area contributed by atoms with Crippen molar-refractivity contribution >= 4 is 16.0 Å². The van der Waals surface area contributed by atoms with Crippen LogP contribution in [0.25, 0.3) is 0 Å². The van der Waals surface area contributed by atoms with Gasteiger partial charge in [-0.3, -0.25) is 4.79 Å². The second kappa shape index (κ2) is 5.97. The molecule has 0 saturated carbocycles. The van der Waals surface area contributed by atoms with Crippen molar-refractivity contribution in [2.45, 2.75) is 37.6 Å². The van der Waals surface area contributed by atoms with Gasteiger partial charge in [-0.05, 0) is 31.0 Å². The molecular weight excluding hydrogens is 254 g/mol. The number of carboxylic acid groups (broad SMARTS) is 1. The summed E-state index contributed by atoms with van der Waals surface area (Å²) in [6.07, 6.45) is 0.593. The third kappa shape index (κ3) is 4.12. The molecule has 100 valence electrons. The predicted molar refractivity (Wildman–Crippen MR) is 67.9 cm³/mol. The summed E-state index contributed by atoms with van der Waals surface area (Å²) in [4.78, 5) is 10.6. The standard InChI is InChI=1S/C12H17NO4S/c1-3-10-4-6-11(7-5-10)18(16,17)13-9(2)8-12(14)15/h4-7,9,13H,3,8H2,1-2H3,(H,14,15)/t9-/m1/s1. The molecule has 5 nitrogen and oxygen atoms in total. The van der Waals surface area contributed by atoms with Crippen LogP contribution in [-0.4, -0.2) is 25.5 Å². The molecule has 1 rings (SSSR count). The van der Waals surface area contributed by atoms with Crippen molar-refractivity contribution < 1.29 is 18.3 Å². The summed E-state index contributed by atoms with van der Waals surface area (Å²) in [6, 6.07) is 5.90. The number of benzene rings is 1. The highest BCUT2D eigenvalue weighted by atomic mass is 32.2. The van der Waals surface area contributed by atoms with Gasteiger partial charge in [0.1, 0.15) is 0 Å². The molecule has 0 spiro atoms. The number of aliphatic carboxylic acids is 1. The normalized spacial score (nSPS) is 13.2. The quantitative estimate of drug-likeness (QED) is 0.819. The van der Waals surface area contributed by atoms with Crippen LogP contribution in [0.2, 0.25) is 0 Å². The van der Waals surface area contributed by atoms with E-state index < -0.39 is 22.0 Å². The van der Waals surface area contributed by atoms with Gasteiger partial charge in [0.05, 0.1) is 11.3 Å². The van der Waals surface area contributed by atoms with Crippen molar-refractivity contribution in [3.8, 4) is 0 Å². The fourth-order valence-electron chi connectivity index (χ4n) is 1.54. The molecule has 0 saturated heterocycles. The Morgan fingerprint density at radius 1 is 1.33 bits per heavy atom. The lowest BCUT2D eigenvalue weighted by Gasteiger charge is -2.12. The summed E-state index contributed by atoms with van der Waals surface area (Å²) < 4.78 is 26.2. The van der Waals surface area contributed by atoms with E-state index in [0.717, 1.165) is 12.0 Å². The highest BCUT2D eigenvalue weighted by Gasteiger charge is 2.18. The summed E-state index contributed by atoms with van der Waals surface area (Å²) in [5.41, 5.74) is 1.05. The monoisotopic (exact) mass is 271 g/mol. The van der Waals surface area contributed by atoms with Gasteiger partial charge in [-0.25, -0.2) is 13.1 Å². The van der Waals surface area contributed by atoms with Crippen LogP contribution in [0.1, 0.15) is 25.8 Å². The number of rotatable bonds is 6. The molecule has 0 unspecified atom stereocenters. The molecule has 0 aliphatic rings. The van der Waals surface area contributed by atoms with E-state index >= 15 is 0 Å². The lowest BCUT2D eigenvalue weighted by molar-refractivity contribution is -0.137. The summed E-state index contributed by atoms with van der Waals surface area (Å²) in [5.74, 6) is -1.04. The second-order valence-electron chi connectivity index (χ2n) is 4.12. The second-order valence-corrected chi connectivity index (χ2v) is 5.83. The molecule has 0 heterocycles. The van der Waals surface area contributed by atoms with E-state index in [-0.39, 0.29) is 11.3 Å². The molecule has 0 aliphatic carbocycles. The summed E-state index contributed by atoms with van der Waals surface area (Å²) in [7, 11) is -3.64. The molecule has 6 heteroatoms. The smallest absolute Gasteiger partial charge is 0.304 e. The van der Waals surface area contributed by atoms with Gasteiger partial charge in [0.2, 0.25) is 10.0 Å². The van der Waals surface area contributed by atoms with Crippen LogP contribution in [0.5, 0.6) is 0 Å². The van der Waals surface area contributed by atoms with Gasteiger partial charge >= 0.3 is 5.97 Å². The van der Waals surface area contributed by atoms with E-state index in [1.165, 1.54) is 19.1 Å². The van der Waals surface area contributed by atoms with Crippen molar-refractivity contribution in [2.24, 2.45) is 0 Å². The third-order valence-corrected chi connectivity index (χ3v) is 4.08. The van der Waals surface area contributed by atoms with E-state index in [1.54, 1.807) is 12.1 Å². The Labute approximate surface area is 107 Å².